The Kier molecular flexibility index (Phi) is 3.84. The fourth-order valence-corrected chi connectivity index (χ4v) is 1.63. The van der Waals surface area contributed by atoms with E-state index in [0.29, 0.717) is 18.9 Å². The van der Waals surface area contributed by atoms with E-state index in [1.807, 2.05) is 0 Å². The summed E-state index contributed by atoms with van der Waals surface area (Å²) in [5.74, 6) is 0.648. The molecule has 1 N–H and O–H groups in total. The summed E-state index contributed by atoms with van der Waals surface area (Å²) in [6.07, 6.45) is -2.74. The number of nitrogens with zero attached hydrogens (tertiary/aromatic N) is 3. The molecule has 1 aromatic carbocycles. The minimum absolute atomic E-state index is 0.398. The van der Waals surface area contributed by atoms with Gasteiger partial charge in [0.05, 0.1) is 18.7 Å². The number of nitrogens with one attached hydrogen (secondary N) is 1. The Labute approximate surface area is 108 Å². The quantitative estimate of drug-likeness (QED) is 0.924. The molecule has 0 unspecified atom stereocenters. The van der Waals surface area contributed by atoms with Crippen molar-refractivity contribution in [2.24, 2.45) is 0 Å². The topological polar surface area (TPSA) is 42.7 Å². The SMILES string of the molecule is CNCc1ncn(Cc2ccc(C(F)(F)F)cc2)n1. The van der Waals surface area contributed by atoms with Crippen LogP contribution in [-0.4, -0.2) is 21.8 Å². The van der Waals surface area contributed by atoms with Crippen molar-refractivity contribution < 1.29 is 13.2 Å². The molecule has 2 aromatic rings. The Morgan fingerprint density at radius 1 is 1.21 bits per heavy atom. The molecule has 0 aliphatic carbocycles. The second kappa shape index (κ2) is 5.40. The van der Waals surface area contributed by atoms with E-state index < -0.39 is 11.7 Å². The van der Waals surface area contributed by atoms with Crippen LogP contribution in [0.1, 0.15) is 17.0 Å². The number of benzene rings is 1. The molecule has 0 aliphatic heterocycles. The lowest BCUT2D eigenvalue weighted by molar-refractivity contribution is -0.137. The zero-order valence-electron chi connectivity index (χ0n) is 10.3. The third-order valence-corrected chi connectivity index (χ3v) is 2.54. The van der Waals surface area contributed by atoms with Gasteiger partial charge in [-0.2, -0.15) is 18.3 Å². The average molecular weight is 270 g/mol. The molecule has 0 saturated carbocycles. The van der Waals surface area contributed by atoms with Gasteiger partial charge in [-0.1, -0.05) is 12.1 Å². The van der Waals surface area contributed by atoms with Gasteiger partial charge in [0.25, 0.3) is 0 Å². The molecule has 1 aromatic heterocycles. The largest absolute Gasteiger partial charge is 0.416 e. The van der Waals surface area contributed by atoms with Crippen LogP contribution >= 0.6 is 0 Å². The maximum atomic E-state index is 12.4. The fourth-order valence-electron chi connectivity index (χ4n) is 1.63. The lowest BCUT2D eigenvalue weighted by atomic mass is 10.1. The zero-order chi connectivity index (χ0) is 13.9. The smallest absolute Gasteiger partial charge is 0.313 e. The van der Waals surface area contributed by atoms with E-state index in [0.717, 1.165) is 17.7 Å². The Balaban J connectivity index is 2.06. The van der Waals surface area contributed by atoms with Gasteiger partial charge in [0.1, 0.15) is 6.33 Å². The Morgan fingerprint density at radius 3 is 2.47 bits per heavy atom. The van der Waals surface area contributed by atoms with Gasteiger partial charge in [0.2, 0.25) is 0 Å². The molecule has 0 radical (unpaired) electrons. The lowest BCUT2D eigenvalue weighted by Crippen LogP contribution is -2.08. The maximum absolute atomic E-state index is 12.4. The van der Waals surface area contributed by atoms with Crippen LogP contribution in [-0.2, 0) is 19.3 Å². The minimum atomic E-state index is -4.30. The monoisotopic (exact) mass is 270 g/mol. The Morgan fingerprint density at radius 2 is 1.89 bits per heavy atom. The molecule has 0 aliphatic rings. The summed E-state index contributed by atoms with van der Waals surface area (Å²) in [6.45, 7) is 0.953. The first-order valence-corrected chi connectivity index (χ1v) is 5.68. The summed E-state index contributed by atoms with van der Waals surface area (Å²) < 4.78 is 38.8. The molecular weight excluding hydrogens is 257 g/mol. The predicted octanol–water partition coefficient (Wildman–Crippen LogP) is 2.06. The summed E-state index contributed by atoms with van der Waals surface area (Å²) in [7, 11) is 1.79. The predicted molar refractivity (Wildman–Crippen MR) is 63.3 cm³/mol. The summed E-state index contributed by atoms with van der Waals surface area (Å²) in [4.78, 5) is 4.07. The number of aromatic nitrogens is 3. The molecule has 0 spiro atoms. The highest BCUT2D eigenvalue weighted by Gasteiger charge is 2.29. The molecule has 7 heteroatoms. The third-order valence-electron chi connectivity index (χ3n) is 2.54. The summed E-state index contributed by atoms with van der Waals surface area (Å²) in [6, 6.07) is 5.03. The van der Waals surface area contributed by atoms with E-state index in [2.05, 4.69) is 15.4 Å². The molecule has 4 nitrogen and oxygen atoms in total. The van der Waals surface area contributed by atoms with Crippen molar-refractivity contribution >= 4 is 0 Å². The summed E-state index contributed by atoms with van der Waals surface area (Å²) in [5.41, 5.74) is 0.0969. The van der Waals surface area contributed by atoms with Crippen molar-refractivity contribution in [3.05, 3.63) is 47.5 Å². The van der Waals surface area contributed by atoms with Gasteiger partial charge < -0.3 is 5.32 Å². The van der Waals surface area contributed by atoms with E-state index in [4.69, 9.17) is 0 Å². The van der Waals surface area contributed by atoms with Crippen LogP contribution in [0.15, 0.2) is 30.6 Å². The van der Waals surface area contributed by atoms with Gasteiger partial charge in [-0.3, -0.25) is 0 Å². The third kappa shape index (κ3) is 3.54. The molecular formula is C12H13F3N4. The molecule has 0 saturated heterocycles. The number of halogens is 3. The van der Waals surface area contributed by atoms with Crippen LogP contribution in [0.2, 0.25) is 0 Å². The first-order chi connectivity index (χ1) is 8.99. The Bertz CT molecular complexity index is 531. The molecule has 102 valence electrons. The van der Waals surface area contributed by atoms with E-state index in [-0.39, 0.29) is 0 Å². The van der Waals surface area contributed by atoms with Crippen molar-refractivity contribution in [2.45, 2.75) is 19.3 Å². The summed E-state index contributed by atoms with van der Waals surface area (Å²) in [5, 5.41) is 7.11. The van der Waals surface area contributed by atoms with Crippen molar-refractivity contribution in [1.82, 2.24) is 20.1 Å². The van der Waals surface area contributed by atoms with Gasteiger partial charge in [-0.15, -0.1) is 0 Å². The van der Waals surface area contributed by atoms with Crippen molar-refractivity contribution in [2.75, 3.05) is 7.05 Å². The molecule has 0 bridgehead atoms. The number of hydrogen-bond acceptors (Lipinski definition) is 3. The van der Waals surface area contributed by atoms with Gasteiger partial charge in [0, 0.05) is 0 Å². The normalized spacial score (nSPS) is 11.8. The Hall–Kier alpha value is -1.89. The average Bonchev–Trinajstić information content (AvgIpc) is 2.77. The molecule has 19 heavy (non-hydrogen) atoms. The van der Waals surface area contributed by atoms with E-state index >= 15 is 0 Å². The summed E-state index contributed by atoms with van der Waals surface area (Å²) >= 11 is 0. The number of rotatable bonds is 4. The molecule has 2 rings (SSSR count). The van der Waals surface area contributed by atoms with Crippen molar-refractivity contribution in [1.29, 1.82) is 0 Å². The van der Waals surface area contributed by atoms with Gasteiger partial charge in [0.15, 0.2) is 5.82 Å². The second-order valence-electron chi connectivity index (χ2n) is 4.08. The highest BCUT2D eigenvalue weighted by molar-refractivity contribution is 5.24. The van der Waals surface area contributed by atoms with Crippen LogP contribution in [0.5, 0.6) is 0 Å². The van der Waals surface area contributed by atoms with E-state index in [1.54, 1.807) is 18.1 Å². The van der Waals surface area contributed by atoms with Crippen molar-refractivity contribution in [3.63, 3.8) is 0 Å². The minimum Gasteiger partial charge on any atom is -0.313 e. The van der Waals surface area contributed by atoms with Gasteiger partial charge in [-0.25, -0.2) is 9.67 Å². The molecule has 0 atom stereocenters. The van der Waals surface area contributed by atoms with Crippen LogP contribution in [0.4, 0.5) is 13.2 Å². The standard InChI is InChI=1S/C12H13F3N4/c1-16-6-11-17-8-19(18-11)7-9-2-4-10(5-3-9)12(13,14)15/h2-5,8,16H,6-7H2,1H3. The molecule has 1 heterocycles. The van der Waals surface area contributed by atoms with Gasteiger partial charge >= 0.3 is 6.18 Å². The van der Waals surface area contributed by atoms with Gasteiger partial charge in [-0.05, 0) is 24.7 Å². The maximum Gasteiger partial charge on any atom is 0.416 e. The van der Waals surface area contributed by atoms with Crippen LogP contribution in [0.3, 0.4) is 0 Å². The van der Waals surface area contributed by atoms with E-state index in [9.17, 15) is 13.2 Å². The second-order valence-corrected chi connectivity index (χ2v) is 4.08. The fraction of sp³-hybridized carbons (Fsp3) is 0.333. The number of alkyl halides is 3. The zero-order valence-corrected chi connectivity index (χ0v) is 10.3. The highest BCUT2D eigenvalue weighted by Crippen LogP contribution is 2.29. The highest BCUT2D eigenvalue weighted by atomic mass is 19.4. The lowest BCUT2D eigenvalue weighted by Gasteiger charge is -2.07. The first kappa shape index (κ1) is 13.5. The molecule has 0 fully saturated rings. The van der Waals surface area contributed by atoms with Crippen LogP contribution in [0, 0.1) is 0 Å². The van der Waals surface area contributed by atoms with Crippen LogP contribution < -0.4 is 5.32 Å². The number of hydrogen-bond donors (Lipinski definition) is 1. The van der Waals surface area contributed by atoms with Crippen molar-refractivity contribution in [3.8, 4) is 0 Å². The van der Waals surface area contributed by atoms with E-state index in [1.165, 1.54) is 12.1 Å². The first-order valence-electron chi connectivity index (χ1n) is 5.68. The molecule has 0 amide bonds. The van der Waals surface area contributed by atoms with Crippen LogP contribution in [0.25, 0.3) is 0 Å².